The number of anilines is 1. The lowest BCUT2D eigenvalue weighted by Gasteiger charge is -2.23. The van der Waals surface area contributed by atoms with Gasteiger partial charge in [0.05, 0.1) is 12.8 Å². The number of hydrogen-bond donors (Lipinski definition) is 1. The van der Waals surface area contributed by atoms with Crippen molar-refractivity contribution in [3.8, 4) is 5.75 Å². The van der Waals surface area contributed by atoms with Gasteiger partial charge < -0.3 is 10.1 Å². The van der Waals surface area contributed by atoms with Gasteiger partial charge in [-0.3, -0.25) is 0 Å². The Morgan fingerprint density at radius 3 is 2.47 bits per heavy atom. The zero-order valence-corrected chi connectivity index (χ0v) is 13.5. The van der Waals surface area contributed by atoms with Crippen molar-refractivity contribution in [3.05, 3.63) is 22.7 Å². The standard InChI is InChI=1S/C16H26ClNO/c1-6-11(3)8-13(7-2)18-15-9-12(4)14(17)10-16(15)19-5/h9-11,13,18H,6-8H2,1-5H3. The smallest absolute Gasteiger partial charge is 0.143 e. The van der Waals surface area contributed by atoms with Gasteiger partial charge in [-0.25, -0.2) is 0 Å². The molecule has 3 heteroatoms. The van der Waals surface area contributed by atoms with Crippen LogP contribution in [0.15, 0.2) is 12.1 Å². The van der Waals surface area contributed by atoms with Crippen LogP contribution in [-0.4, -0.2) is 13.2 Å². The number of hydrogen-bond acceptors (Lipinski definition) is 2. The second-order valence-electron chi connectivity index (χ2n) is 5.30. The Morgan fingerprint density at radius 1 is 1.26 bits per heavy atom. The maximum absolute atomic E-state index is 6.13. The summed E-state index contributed by atoms with van der Waals surface area (Å²) < 4.78 is 5.41. The van der Waals surface area contributed by atoms with E-state index in [1.54, 1.807) is 7.11 Å². The molecule has 2 nitrogen and oxygen atoms in total. The molecule has 19 heavy (non-hydrogen) atoms. The summed E-state index contributed by atoms with van der Waals surface area (Å²) in [6.45, 7) is 8.77. The van der Waals surface area contributed by atoms with Crippen molar-refractivity contribution in [1.82, 2.24) is 0 Å². The molecule has 1 rings (SSSR count). The molecule has 0 fully saturated rings. The number of rotatable bonds is 7. The molecule has 2 atom stereocenters. The molecule has 0 bridgehead atoms. The van der Waals surface area contributed by atoms with Crippen LogP contribution in [0.3, 0.4) is 0 Å². The fourth-order valence-electron chi connectivity index (χ4n) is 2.14. The minimum absolute atomic E-state index is 0.476. The SMILES string of the molecule is CCC(C)CC(CC)Nc1cc(C)c(Cl)cc1OC. The average molecular weight is 284 g/mol. The first-order valence-corrected chi connectivity index (χ1v) is 7.50. The summed E-state index contributed by atoms with van der Waals surface area (Å²) in [6, 6.07) is 4.43. The van der Waals surface area contributed by atoms with Crippen molar-refractivity contribution in [1.29, 1.82) is 0 Å². The minimum Gasteiger partial charge on any atom is -0.495 e. The molecule has 0 spiro atoms. The zero-order valence-electron chi connectivity index (χ0n) is 12.7. The van der Waals surface area contributed by atoms with E-state index in [1.807, 2.05) is 13.0 Å². The first-order valence-electron chi connectivity index (χ1n) is 7.12. The molecular formula is C16H26ClNO. The van der Waals surface area contributed by atoms with Crippen molar-refractivity contribution >= 4 is 17.3 Å². The zero-order chi connectivity index (χ0) is 14.4. The number of nitrogens with one attached hydrogen (secondary N) is 1. The van der Waals surface area contributed by atoms with E-state index in [9.17, 15) is 0 Å². The third-order valence-electron chi connectivity index (χ3n) is 3.72. The molecule has 1 aromatic carbocycles. The number of benzene rings is 1. The van der Waals surface area contributed by atoms with Gasteiger partial charge in [0, 0.05) is 17.1 Å². The Morgan fingerprint density at radius 2 is 1.95 bits per heavy atom. The first-order chi connectivity index (χ1) is 9.01. The summed E-state index contributed by atoms with van der Waals surface area (Å²) in [7, 11) is 1.68. The molecule has 0 heterocycles. The highest BCUT2D eigenvalue weighted by molar-refractivity contribution is 6.31. The highest BCUT2D eigenvalue weighted by Crippen LogP contribution is 2.32. The quantitative estimate of drug-likeness (QED) is 0.735. The highest BCUT2D eigenvalue weighted by Gasteiger charge is 2.14. The van der Waals surface area contributed by atoms with Gasteiger partial charge in [-0.1, -0.05) is 38.8 Å². The second kappa shape index (κ2) is 7.64. The molecule has 0 radical (unpaired) electrons. The molecule has 0 aliphatic carbocycles. The summed E-state index contributed by atoms with van der Waals surface area (Å²) in [4.78, 5) is 0. The maximum atomic E-state index is 6.13. The van der Waals surface area contributed by atoms with Crippen LogP contribution >= 0.6 is 11.6 Å². The predicted molar refractivity (Wildman–Crippen MR) is 84.5 cm³/mol. The van der Waals surface area contributed by atoms with Gasteiger partial charge in [0.25, 0.3) is 0 Å². The Hall–Kier alpha value is -0.890. The van der Waals surface area contributed by atoms with Crippen molar-refractivity contribution in [2.75, 3.05) is 12.4 Å². The lowest BCUT2D eigenvalue weighted by Crippen LogP contribution is -2.21. The third kappa shape index (κ3) is 4.61. The third-order valence-corrected chi connectivity index (χ3v) is 4.12. The average Bonchev–Trinajstić information content (AvgIpc) is 2.41. The summed E-state index contributed by atoms with van der Waals surface area (Å²) >= 11 is 6.13. The topological polar surface area (TPSA) is 21.3 Å². The number of methoxy groups -OCH3 is 1. The summed E-state index contributed by atoms with van der Waals surface area (Å²) in [6.07, 6.45) is 3.50. The van der Waals surface area contributed by atoms with Crippen LogP contribution in [0.4, 0.5) is 5.69 Å². The maximum Gasteiger partial charge on any atom is 0.143 e. The van der Waals surface area contributed by atoms with Gasteiger partial charge in [0.2, 0.25) is 0 Å². The van der Waals surface area contributed by atoms with Crippen molar-refractivity contribution in [2.45, 2.75) is 53.0 Å². The Balaban J connectivity index is 2.87. The van der Waals surface area contributed by atoms with E-state index in [0.717, 1.165) is 34.4 Å². The van der Waals surface area contributed by atoms with Crippen molar-refractivity contribution < 1.29 is 4.74 Å². The number of halogens is 1. The highest BCUT2D eigenvalue weighted by atomic mass is 35.5. The van der Waals surface area contributed by atoms with Gasteiger partial charge in [0.15, 0.2) is 0 Å². The molecule has 2 unspecified atom stereocenters. The van der Waals surface area contributed by atoms with Gasteiger partial charge in [-0.05, 0) is 37.3 Å². The van der Waals surface area contributed by atoms with Gasteiger partial charge in [-0.2, -0.15) is 0 Å². The lowest BCUT2D eigenvalue weighted by atomic mass is 9.97. The molecule has 0 aliphatic heterocycles. The van der Waals surface area contributed by atoms with Crippen LogP contribution < -0.4 is 10.1 Å². The summed E-state index contributed by atoms with van der Waals surface area (Å²) in [5.74, 6) is 1.55. The van der Waals surface area contributed by atoms with Crippen LogP contribution in [0.1, 0.15) is 45.6 Å². The van der Waals surface area contributed by atoms with Crippen LogP contribution in [0.25, 0.3) is 0 Å². The number of aryl methyl sites for hydroxylation is 1. The largest absolute Gasteiger partial charge is 0.495 e. The molecule has 1 aromatic rings. The Labute approximate surface area is 122 Å². The molecular weight excluding hydrogens is 258 g/mol. The molecule has 108 valence electrons. The Bertz CT molecular complexity index is 406. The molecule has 0 saturated carbocycles. The van der Waals surface area contributed by atoms with Gasteiger partial charge in [-0.15, -0.1) is 0 Å². The van der Waals surface area contributed by atoms with Crippen LogP contribution in [0, 0.1) is 12.8 Å². The lowest BCUT2D eigenvalue weighted by molar-refractivity contribution is 0.413. The Kier molecular flexibility index (Phi) is 6.50. The van der Waals surface area contributed by atoms with E-state index in [2.05, 4.69) is 32.2 Å². The monoisotopic (exact) mass is 283 g/mol. The predicted octanol–water partition coefficient (Wildman–Crippen LogP) is 5.28. The minimum atomic E-state index is 0.476. The first kappa shape index (κ1) is 16.2. The normalized spacial score (nSPS) is 14.0. The van der Waals surface area contributed by atoms with Gasteiger partial charge in [0.1, 0.15) is 5.75 Å². The van der Waals surface area contributed by atoms with E-state index in [0.29, 0.717) is 6.04 Å². The summed E-state index contributed by atoms with van der Waals surface area (Å²) in [5, 5.41) is 4.35. The van der Waals surface area contributed by atoms with Crippen LogP contribution in [0.5, 0.6) is 5.75 Å². The van der Waals surface area contributed by atoms with E-state index < -0.39 is 0 Å². The van der Waals surface area contributed by atoms with E-state index in [1.165, 1.54) is 12.8 Å². The van der Waals surface area contributed by atoms with Crippen molar-refractivity contribution in [2.24, 2.45) is 5.92 Å². The van der Waals surface area contributed by atoms with E-state index in [4.69, 9.17) is 16.3 Å². The molecule has 1 N–H and O–H groups in total. The molecule has 0 aliphatic rings. The van der Waals surface area contributed by atoms with Crippen molar-refractivity contribution in [3.63, 3.8) is 0 Å². The fraction of sp³-hybridized carbons (Fsp3) is 0.625. The van der Waals surface area contributed by atoms with Crippen LogP contribution in [0.2, 0.25) is 5.02 Å². The van der Waals surface area contributed by atoms with Gasteiger partial charge >= 0.3 is 0 Å². The van der Waals surface area contributed by atoms with E-state index >= 15 is 0 Å². The number of ether oxygens (including phenoxy) is 1. The molecule has 0 saturated heterocycles. The fourth-order valence-corrected chi connectivity index (χ4v) is 2.30. The van der Waals surface area contributed by atoms with Crippen LogP contribution in [-0.2, 0) is 0 Å². The molecule has 0 amide bonds. The second-order valence-corrected chi connectivity index (χ2v) is 5.71. The summed E-state index contributed by atoms with van der Waals surface area (Å²) in [5.41, 5.74) is 2.11. The van der Waals surface area contributed by atoms with E-state index in [-0.39, 0.29) is 0 Å². The molecule has 0 aromatic heterocycles.